The van der Waals surface area contributed by atoms with Gasteiger partial charge in [-0.2, -0.15) is 4.31 Å². The number of carbonyl (C=O) groups excluding carboxylic acids is 1. The van der Waals surface area contributed by atoms with Crippen molar-refractivity contribution in [1.82, 2.24) is 9.37 Å². The molecule has 0 aliphatic carbocycles. The summed E-state index contributed by atoms with van der Waals surface area (Å²) in [4.78, 5) is 16.9. The summed E-state index contributed by atoms with van der Waals surface area (Å²) in [5.41, 5.74) is 0.358. The zero-order chi connectivity index (χ0) is 17.2. The molecule has 0 N–H and O–H groups in total. The first-order valence-corrected chi connectivity index (χ1v) is 8.77. The SMILES string of the molecule is CON(C)C(=O)c1ccc(S(=O)(=O)N2C[C@@H](C)O[C@H](C)C2)cc1. The first-order chi connectivity index (χ1) is 10.8. The van der Waals surface area contributed by atoms with E-state index in [1.807, 2.05) is 13.8 Å². The molecule has 0 bridgehead atoms. The quantitative estimate of drug-likeness (QED) is 0.767. The molecule has 7 nitrogen and oxygen atoms in total. The van der Waals surface area contributed by atoms with Crippen LogP contribution in [-0.2, 0) is 19.6 Å². The number of hydrogen-bond acceptors (Lipinski definition) is 5. The van der Waals surface area contributed by atoms with Crippen molar-refractivity contribution in [2.24, 2.45) is 0 Å². The molecular formula is C15H22N2O5S. The molecule has 128 valence electrons. The van der Waals surface area contributed by atoms with E-state index >= 15 is 0 Å². The minimum Gasteiger partial charge on any atom is -0.373 e. The third-order valence-corrected chi connectivity index (χ3v) is 5.53. The van der Waals surface area contributed by atoms with Crippen LogP contribution >= 0.6 is 0 Å². The van der Waals surface area contributed by atoms with Gasteiger partial charge in [0, 0.05) is 25.7 Å². The van der Waals surface area contributed by atoms with E-state index in [0.717, 1.165) is 5.06 Å². The highest BCUT2D eigenvalue weighted by atomic mass is 32.2. The molecule has 0 saturated carbocycles. The first-order valence-electron chi connectivity index (χ1n) is 7.33. The Balaban J connectivity index is 2.22. The van der Waals surface area contributed by atoms with Crippen molar-refractivity contribution >= 4 is 15.9 Å². The van der Waals surface area contributed by atoms with E-state index in [1.54, 1.807) is 0 Å². The van der Waals surface area contributed by atoms with Gasteiger partial charge in [-0.15, -0.1) is 0 Å². The van der Waals surface area contributed by atoms with Crippen LogP contribution in [0, 0.1) is 0 Å². The van der Waals surface area contributed by atoms with Crippen LogP contribution in [0.25, 0.3) is 0 Å². The Morgan fingerprint density at radius 1 is 1.22 bits per heavy atom. The predicted octanol–water partition coefficient (Wildman–Crippen LogP) is 1.12. The van der Waals surface area contributed by atoms with Crippen LogP contribution in [0.3, 0.4) is 0 Å². The van der Waals surface area contributed by atoms with Crippen molar-refractivity contribution in [3.8, 4) is 0 Å². The lowest BCUT2D eigenvalue weighted by molar-refractivity contribution is -0.0757. The van der Waals surface area contributed by atoms with E-state index in [0.29, 0.717) is 18.7 Å². The highest BCUT2D eigenvalue weighted by molar-refractivity contribution is 7.89. The fourth-order valence-electron chi connectivity index (χ4n) is 2.51. The summed E-state index contributed by atoms with van der Waals surface area (Å²) in [6, 6.07) is 5.85. The van der Waals surface area contributed by atoms with Crippen LogP contribution in [0.1, 0.15) is 24.2 Å². The molecule has 1 aliphatic rings. The van der Waals surface area contributed by atoms with Crippen LogP contribution < -0.4 is 0 Å². The normalized spacial score (nSPS) is 22.8. The maximum absolute atomic E-state index is 12.7. The second-order valence-corrected chi connectivity index (χ2v) is 7.53. The van der Waals surface area contributed by atoms with E-state index in [-0.39, 0.29) is 23.0 Å². The van der Waals surface area contributed by atoms with Gasteiger partial charge >= 0.3 is 0 Å². The topological polar surface area (TPSA) is 76.2 Å². The lowest BCUT2D eigenvalue weighted by atomic mass is 10.2. The van der Waals surface area contributed by atoms with Crippen LogP contribution in [0.5, 0.6) is 0 Å². The molecule has 8 heteroatoms. The maximum atomic E-state index is 12.7. The largest absolute Gasteiger partial charge is 0.373 e. The van der Waals surface area contributed by atoms with Crippen molar-refractivity contribution in [2.75, 3.05) is 27.2 Å². The molecule has 1 aliphatic heterocycles. The summed E-state index contributed by atoms with van der Waals surface area (Å²) in [5, 5.41) is 1.08. The van der Waals surface area contributed by atoms with Gasteiger partial charge in [-0.05, 0) is 38.1 Å². The lowest BCUT2D eigenvalue weighted by Crippen LogP contribution is -2.48. The second kappa shape index (κ2) is 6.96. The minimum absolute atomic E-state index is 0.148. The van der Waals surface area contributed by atoms with Crippen molar-refractivity contribution < 1.29 is 22.8 Å². The smallest absolute Gasteiger partial charge is 0.277 e. The van der Waals surface area contributed by atoms with E-state index in [1.165, 1.54) is 42.7 Å². The Hall–Kier alpha value is -1.48. The summed E-state index contributed by atoms with van der Waals surface area (Å²) in [6.07, 6.45) is -0.297. The number of morpholine rings is 1. The van der Waals surface area contributed by atoms with Gasteiger partial charge in [-0.25, -0.2) is 13.5 Å². The minimum atomic E-state index is -3.60. The highest BCUT2D eigenvalue weighted by Gasteiger charge is 2.32. The number of carbonyl (C=O) groups is 1. The van der Waals surface area contributed by atoms with Gasteiger partial charge in [0.05, 0.1) is 24.2 Å². The summed E-state index contributed by atoms with van der Waals surface area (Å²) >= 11 is 0. The van der Waals surface area contributed by atoms with E-state index in [9.17, 15) is 13.2 Å². The van der Waals surface area contributed by atoms with E-state index in [4.69, 9.17) is 9.57 Å². The Morgan fingerprint density at radius 2 is 1.74 bits per heavy atom. The summed E-state index contributed by atoms with van der Waals surface area (Å²) in [7, 11) is -0.723. The molecule has 0 spiro atoms. The molecule has 1 amide bonds. The molecular weight excluding hydrogens is 320 g/mol. The Bertz CT molecular complexity index is 649. The predicted molar refractivity (Wildman–Crippen MR) is 84.3 cm³/mol. The second-order valence-electron chi connectivity index (χ2n) is 5.59. The molecule has 23 heavy (non-hydrogen) atoms. The fraction of sp³-hybridized carbons (Fsp3) is 0.533. The number of amides is 1. The molecule has 0 radical (unpaired) electrons. The number of rotatable bonds is 4. The monoisotopic (exact) mass is 342 g/mol. The van der Waals surface area contributed by atoms with Crippen molar-refractivity contribution in [3.05, 3.63) is 29.8 Å². The van der Waals surface area contributed by atoms with Crippen molar-refractivity contribution in [3.63, 3.8) is 0 Å². The number of hydroxylamine groups is 2. The van der Waals surface area contributed by atoms with Gasteiger partial charge in [0.25, 0.3) is 5.91 Å². The van der Waals surface area contributed by atoms with Crippen LogP contribution in [0.15, 0.2) is 29.2 Å². The number of hydrogen-bond donors (Lipinski definition) is 0. The third kappa shape index (κ3) is 3.89. The molecule has 2 atom stereocenters. The Morgan fingerprint density at radius 3 is 2.22 bits per heavy atom. The average molecular weight is 342 g/mol. The van der Waals surface area contributed by atoms with Crippen LogP contribution in [0.4, 0.5) is 0 Å². The molecule has 1 saturated heterocycles. The molecule has 1 fully saturated rings. The van der Waals surface area contributed by atoms with Gasteiger partial charge in [-0.3, -0.25) is 9.63 Å². The van der Waals surface area contributed by atoms with Gasteiger partial charge in [-0.1, -0.05) is 0 Å². The van der Waals surface area contributed by atoms with Crippen LogP contribution in [0.2, 0.25) is 0 Å². The number of nitrogens with zero attached hydrogens (tertiary/aromatic N) is 2. The number of benzene rings is 1. The van der Waals surface area contributed by atoms with Crippen molar-refractivity contribution in [1.29, 1.82) is 0 Å². The lowest BCUT2D eigenvalue weighted by Gasteiger charge is -2.34. The van der Waals surface area contributed by atoms with Gasteiger partial charge < -0.3 is 4.74 Å². The van der Waals surface area contributed by atoms with Crippen molar-refractivity contribution in [2.45, 2.75) is 31.0 Å². The van der Waals surface area contributed by atoms with E-state index in [2.05, 4.69) is 0 Å². The standard InChI is InChI=1S/C15H22N2O5S/c1-11-9-17(10-12(2)22-11)23(19,20)14-7-5-13(6-8-14)15(18)16(3)21-4/h5-8,11-12H,9-10H2,1-4H3/t11-,12-/m1/s1. The molecule has 1 heterocycles. The molecule has 0 unspecified atom stereocenters. The third-order valence-electron chi connectivity index (χ3n) is 3.69. The maximum Gasteiger partial charge on any atom is 0.277 e. The summed E-state index contributed by atoms with van der Waals surface area (Å²) in [6.45, 7) is 4.33. The van der Waals surface area contributed by atoms with Gasteiger partial charge in [0.1, 0.15) is 0 Å². The first kappa shape index (κ1) is 17.9. The Kier molecular flexibility index (Phi) is 5.41. The number of sulfonamides is 1. The zero-order valence-corrected chi connectivity index (χ0v) is 14.5. The Labute approximate surface area is 136 Å². The van der Waals surface area contributed by atoms with Crippen LogP contribution in [-0.4, -0.2) is 63.1 Å². The molecule has 0 aromatic heterocycles. The number of ether oxygens (including phenoxy) is 1. The molecule has 1 aromatic carbocycles. The fourth-order valence-corrected chi connectivity index (χ4v) is 4.10. The average Bonchev–Trinajstić information content (AvgIpc) is 2.52. The zero-order valence-electron chi connectivity index (χ0n) is 13.7. The van der Waals surface area contributed by atoms with Gasteiger partial charge in [0.2, 0.25) is 10.0 Å². The molecule has 1 aromatic rings. The highest BCUT2D eigenvalue weighted by Crippen LogP contribution is 2.21. The van der Waals surface area contributed by atoms with Gasteiger partial charge in [0.15, 0.2) is 0 Å². The van der Waals surface area contributed by atoms with E-state index < -0.39 is 10.0 Å². The summed E-state index contributed by atoms with van der Waals surface area (Å²) in [5.74, 6) is -0.343. The summed E-state index contributed by atoms with van der Waals surface area (Å²) < 4.78 is 32.4. The molecule has 2 rings (SSSR count).